The van der Waals surface area contributed by atoms with Crippen LogP contribution < -0.4 is 4.90 Å². The second-order valence-corrected chi connectivity index (χ2v) is 7.00. The van der Waals surface area contributed by atoms with E-state index in [0.29, 0.717) is 17.7 Å². The fourth-order valence-electron chi connectivity index (χ4n) is 2.24. The molecule has 1 amide bonds. The Labute approximate surface area is 112 Å². The molecule has 19 heavy (non-hydrogen) atoms. The summed E-state index contributed by atoms with van der Waals surface area (Å²) in [5, 5.41) is 0. The van der Waals surface area contributed by atoms with Gasteiger partial charge in [0, 0.05) is 12.8 Å². The Hall–Kier alpha value is -1.69. The van der Waals surface area contributed by atoms with Gasteiger partial charge in [-0.15, -0.1) is 0 Å². The number of aryl methyl sites for hydroxylation is 1. The number of hydrogen-bond donors (Lipinski definition) is 0. The lowest BCUT2D eigenvalue weighted by molar-refractivity contribution is -0.114. The van der Waals surface area contributed by atoms with Crippen LogP contribution in [-0.2, 0) is 14.6 Å². The molecule has 2 rings (SSSR count). The van der Waals surface area contributed by atoms with Crippen molar-refractivity contribution in [2.75, 3.05) is 23.5 Å². The van der Waals surface area contributed by atoms with Crippen LogP contribution >= 0.6 is 0 Å². The maximum Gasteiger partial charge on any atom is 0.299 e. The van der Waals surface area contributed by atoms with Gasteiger partial charge in [0.15, 0.2) is 0 Å². The molecule has 0 unspecified atom stereocenters. The van der Waals surface area contributed by atoms with Crippen LogP contribution in [0.1, 0.15) is 22.3 Å². The first-order valence-electron chi connectivity index (χ1n) is 5.95. The summed E-state index contributed by atoms with van der Waals surface area (Å²) < 4.78 is 22.2. The Kier molecular flexibility index (Phi) is 3.45. The van der Waals surface area contributed by atoms with Crippen molar-refractivity contribution < 1.29 is 18.0 Å². The van der Waals surface area contributed by atoms with E-state index in [1.165, 1.54) is 4.90 Å². The fourth-order valence-corrected chi connectivity index (χ4v) is 2.89. The van der Waals surface area contributed by atoms with E-state index >= 15 is 0 Å². The molecule has 0 bridgehead atoms. The Morgan fingerprint density at radius 2 is 1.89 bits per heavy atom. The number of hydrogen-bond acceptors (Lipinski definition) is 4. The van der Waals surface area contributed by atoms with Crippen molar-refractivity contribution in [2.24, 2.45) is 0 Å². The lowest BCUT2D eigenvalue weighted by Crippen LogP contribution is -2.31. The topological polar surface area (TPSA) is 71.5 Å². The molecule has 5 nitrogen and oxygen atoms in total. The highest BCUT2D eigenvalue weighted by molar-refractivity contribution is 7.90. The van der Waals surface area contributed by atoms with Gasteiger partial charge in [-0.3, -0.25) is 9.59 Å². The number of carbonyl (C=O) groups excluding carboxylic acids is 2. The highest BCUT2D eigenvalue weighted by atomic mass is 32.2. The number of carbonyl (C=O) groups is 2. The number of para-hydroxylation sites is 1. The van der Waals surface area contributed by atoms with E-state index in [0.717, 1.165) is 11.8 Å². The number of benzene rings is 1. The third-order valence-corrected chi connectivity index (χ3v) is 4.12. The van der Waals surface area contributed by atoms with Crippen molar-refractivity contribution in [3.8, 4) is 0 Å². The molecule has 0 fully saturated rings. The molecule has 0 saturated carbocycles. The van der Waals surface area contributed by atoms with Crippen molar-refractivity contribution in [2.45, 2.75) is 13.3 Å². The summed E-state index contributed by atoms with van der Waals surface area (Å²) in [6.07, 6.45) is 1.48. The third-order valence-electron chi connectivity index (χ3n) is 3.09. The van der Waals surface area contributed by atoms with Crippen LogP contribution in [0.15, 0.2) is 18.2 Å². The predicted octanol–water partition coefficient (Wildman–Crippen LogP) is 0.959. The number of rotatable bonds is 4. The monoisotopic (exact) mass is 281 g/mol. The number of sulfone groups is 1. The summed E-state index contributed by atoms with van der Waals surface area (Å²) in [7, 11) is -3.06. The molecule has 0 atom stereocenters. The molecule has 0 N–H and O–H groups in total. The van der Waals surface area contributed by atoms with Gasteiger partial charge >= 0.3 is 0 Å². The summed E-state index contributed by atoms with van der Waals surface area (Å²) in [6.45, 7) is 2.07. The van der Waals surface area contributed by atoms with E-state index in [9.17, 15) is 18.0 Å². The lowest BCUT2D eigenvalue weighted by atomic mass is 10.1. The number of ketones is 1. The number of nitrogens with zero attached hydrogens (tertiary/aromatic N) is 1. The van der Waals surface area contributed by atoms with Gasteiger partial charge in [0.2, 0.25) is 0 Å². The molecule has 0 spiro atoms. The number of Topliss-reactive ketones (excluding diaryl/α,β-unsaturated/α-hetero) is 1. The van der Waals surface area contributed by atoms with Crippen molar-refractivity contribution >= 4 is 27.2 Å². The highest BCUT2D eigenvalue weighted by Crippen LogP contribution is 2.32. The maximum absolute atomic E-state index is 11.9. The van der Waals surface area contributed by atoms with Gasteiger partial charge < -0.3 is 4.90 Å². The Bertz CT molecular complexity index is 649. The van der Waals surface area contributed by atoms with Crippen LogP contribution in [-0.4, -0.2) is 38.7 Å². The van der Waals surface area contributed by atoms with Gasteiger partial charge in [-0.05, 0) is 25.0 Å². The molecule has 1 aromatic rings. The van der Waals surface area contributed by atoms with Crippen molar-refractivity contribution in [3.63, 3.8) is 0 Å². The zero-order valence-corrected chi connectivity index (χ0v) is 11.7. The van der Waals surface area contributed by atoms with Gasteiger partial charge in [0.1, 0.15) is 9.84 Å². The molecular weight excluding hydrogens is 266 g/mol. The summed E-state index contributed by atoms with van der Waals surface area (Å²) in [5.74, 6) is -1.08. The molecule has 1 aliphatic heterocycles. The summed E-state index contributed by atoms with van der Waals surface area (Å²) in [5.41, 5.74) is 1.87. The zero-order chi connectivity index (χ0) is 14.2. The molecule has 1 aromatic carbocycles. The average Bonchev–Trinajstić information content (AvgIpc) is 2.54. The SMILES string of the molecule is Cc1cccc2c1N(CCCS(C)(=O)=O)C(=O)C2=O. The van der Waals surface area contributed by atoms with Gasteiger partial charge in [-0.1, -0.05) is 12.1 Å². The Morgan fingerprint density at radius 3 is 2.53 bits per heavy atom. The van der Waals surface area contributed by atoms with E-state index in [2.05, 4.69) is 0 Å². The first-order chi connectivity index (χ1) is 8.81. The standard InChI is InChI=1S/C13H15NO4S/c1-9-5-3-6-10-11(9)14(13(16)12(10)15)7-4-8-19(2,17)18/h3,5-6H,4,7-8H2,1-2H3. The first kappa shape index (κ1) is 13.7. The Balaban J connectivity index is 2.24. The van der Waals surface area contributed by atoms with Crippen LogP contribution in [0.3, 0.4) is 0 Å². The molecule has 0 aromatic heterocycles. The van der Waals surface area contributed by atoms with Crippen molar-refractivity contribution in [1.29, 1.82) is 0 Å². The third kappa shape index (κ3) is 2.68. The predicted molar refractivity (Wildman–Crippen MR) is 72.2 cm³/mol. The normalized spacial score (nSPS) is 14.9. The molecule has 102 valence electrons. The van der Waals surface area contributed by atoms with Gasteiger partial charge in [0.05, 0.1) is 17.0 Å². The smallest absolute Gasteiger partial charge is 0.299 e. The van der Waals surface area contributed by atoms with Crippen LogP contribution in [0, 0.1) is 6.92 Å². The quantitative estimate of drug-likeness (QED) is 0.771. The molecule has 0 radical (unpaired) electrons. The lowest BCUT2D eigenvalue weighted by Gasteiger charge is -2.17. The van der Waals surface area contributed by atoms with E-state index in [1.807, 2.05) is 13.0 Å². The fraction of sp³-hybridized carbons (Fsp3) is 0.385. The summed E-state index contributed by atoms with van der Waals surface area (Å²) >= 11 is 0. The Morgan fingerprint density at radius 1 is 1.21 bits per heavy atom. The average molecular weight is 281 g/mol. The zero-order valence-electron chi connectivity index (χ0n) is 10.8. The summed E-state index contributed by atoms with van der Waals surface area (Å²) in [6, 6.07) is 5.19. The van der Waals surface area contributed by atoms with Crippen LogP contribution in [0.2, 0.25) is 0 Å². The minimum absolute atomic E-state index is 0.00614. The van der Waals surface area contributed by atoms with Gasteiger partial charge in [0.25, 0.3) is 11.7 Å². The van der Waals surface area contributed by atoms with E-state index < -0.39 is 21.5 Å². The molecule has 1 heterocycles. The maximum atomic E-state index is 11.9. The first-order valence-corrected chi connectivity index (χ1v) is 8.01. The second kappa shape index (κ2) is 4.77. The summed E-state index contributed by atoms with van der Waals surface area (Å²) in [4.78, 5) is 25.1. The molecule has 6 heteroatoms. The van der Waals surface area contributed by atoms with Crippen molar-refractivity contribution in [1.82, 2.24) is 0 Å². The highest BCUT2D eigenvalue weighted by Gasteiger charge is 2.36. The van der Waals surface area contributed by atoms with Gasteiger partial charge in [-0.2, -0.15) is 0 Å². The van der Waals surface area contributed by atoms with E-state index in [-0.39, 0.29) is 12.3 Å². The van der Waals surface area contributed by atoms with Crippen LogP contribution in [0.25, 0.3) is 0 Å². The number of amides is 1. The molecule has 1 aliphatic rings. The van der Waals surface area contributed by atoms with E-state index in [4.69, 9.17) is 0 Å². The minimum atomic E-state index is -3.06. The van der Waals surface area contributed by atoms with Crippen LogP contribution in [0.5, 0.6) is 0 Å². The largest absolute Gasteiger partial charge is 0.304 e. The number of anilines is 1. The minimum Gasteiger partial charge on any atom is -0.304 e. The second-order valence-electron chi connectivity index (χ2n) is 4.74. The van der Waals surface area contributed by atoms with Crippen LogP contribution in [0.4, 0.5) is 5.69 Å². The van der Waals surface area contributed by atoms with E-state index in [1.54, 1.807) is 12.1 Å². The molecule has 0 aliphatic carbocycles. The van der Waals surface area contributed by atoms with Crippen molar-refractivity contribution in [3.05, 3.63) is 29.3 Å². The van der Waals surface area contributed by atoms with Gasteiger partial charge in [-0.25, -0.2) is 8.42 Å². The number of fused-ring (bicyclic) bond motifs is 1. The molecular formula is C13H15NO4S. The molecule has 0 saturated heterocycles.